The zero-order valence-electron chi connectivity index (χ0n) is 6.80. The number of likely N-dealkylation sites (N-methyl/N-ethyl adjacent to an activating group) is 1. The third kappa shape index (κ3) is 1.23. The van der Waals surface area contributed by atoms with Crippen LogP contribution in [0, 0.1) is 0 Å². The summed E-state index contributed by atoms with van der Waals surface area (Å²) in [7, 11) is 1.95. The first-order valence-corrected chi connectivity index (χ1v) is 4.70. The average molecular weight is 228 g/mol. The minimum absolute atomic E-state index is 0.355. The summed E-state index contributed by atoms with van der Waals surface area (Å²) in [6, 6.07) is 6.49. The summed E-state index contributed by atoms with van der Waals surface area (Å²) >= 11 is 3.41. The average Bonchev–Trinajstić information content (AvgIpc) is 2.46. The van der Waals surface area contributed by atoms with Crippen molar-refractivity contribution in [3.63, 3.8) is 0 Å². The molecule has 1 aliphatic rings. The van der Waals surface area contributed by atoms with Crippen LogP contribution in [0.3, 0.4) is 0 Å². The molecule has 0 fully saturated rings. The molecule has 0 amide bonds. The van der Waals surface area contributed by atoms with E-state index in [1.807, 2.05) is 19.2 Å². The van der Waals surface area contributed by atoms with E-state index in [2.05, 4.69) is 27.3 Å². The molecule has 1 heterocycles. The Morgan fingerprint density at radius 3 is 3.17 bits per heavy atom. The van der Waals surface area contributed by atoms with Crippen LogP contribution in [-0.2, 0) is 0 Å². The molecule has 0 saturated carbocycles. The molecule has 12 heavy (non-hydrogen) atoms. The maximum absolute atomic E-state index is 5.49. The summed E-state index contributed by atoms with van der Waals surface area (Å²) in [4.78, 5) is 0. The normalized spacial score (nSPS) is 20.3. The SMILES string of the molecule is CNC1COc2cc(Br)ccc21. The second kappa shape index (κ2) is 3.07. The predicted molar refractivity (Wildman–Crippen MR) is 51.4 cm³/mol. The predicted octanol–water partition coefficient (Wildman–Crippen LogP) is 2.10. The van der Waals surface area contributed by atoms with Gasteiger partial charge in [0.1, 0.15) is 12.4 Å². The van der Waals surface area contributed by atoms with Crippen LogP contribution < -0.4 is 10.1 Å². The lowest BCUT2D eigenvalue weighted by Crippen LogP contribution is -2.16. The van der Waals surface area contributed by atoms with Gasteiger partial charge < -0.3 is 10.1 Å². The molecule has 0 spiro atoms. The Balaban J connectivity index is 2.40. The smallest absolute Gasteiger partial charge is 0.125 e. The van der Waals surface area contributed by atoms with Gasteiger partial charge in [-0.1, -0.05) is 22.0 Å². The van der Waals surface area contributed by atoms with E-state index >= 15 is 0 Å². The monoisotopic (exact) mass is 227 g/mol. The first-order valence-electron chi connectivity index (χ1n) is 3.91. The quantitative estimate of drug-likeness (QED) is 0.794. The first kappa shape index (κ1) is 8.08. The summed E-state index contributed by atoms with van der Waals surface area (Å²) in [5.74, 6) is 0.990. The highest BCUT2D eigenvalue weighted by Crippen LogP contribution is 2.33. The molecule has 64 valence electrons. The largest absolute Gasteiger partial charge is 0.491 e. The lowest BCUT2D eigenvalue weighted by Gasteiger charge is -2.05. The fourth-order valence-corrected chi connectivity index (χ4v) is 1.76. The summed E-state index contributed by atoms with van der Waals surface area (Å²) in [5.41, 5.74) is 1.25. The van der Waals surface area contributed by atoms with Crippen LogP contribution in [0.25, 0.3) is 0 Å². The molecule has 1 unspecified atom stereocenters. The fraction of sp³-hybridized carbons (Fsp3) is 0.333. The molecule has 0 saturated heterocycles. The molecular weight excluding hydrogens is 218 g/mol. The van der Waals surface area contributed by atoms with Crippen molar-refractivity contribution in [1.29, 1.82) is 0 Å². The van der Waals surface area contributed by atoms with E-state index in [9.17, 15) is 0 Å². The standard InChI is InChI=1S/C9H10BrNO/c1-11-8-5-12-9-4-6(10)2-3-7(8)9/h2-4,8,11H,5H2,1H3. The highest BCUT2D eigenvalue weighted by Gasteiger charge is 2.21. The Kier molecular flexibility index (Phi) is 2.07. The van der Waals surface area contributed by atoms with Crippen molar-refractivity contribution in [3.8, 4) is 5.75 Å². The topological polar surface area (TPSA) is 21.3 Å². The van der Waals surface area contributed by atoms with Gasteiger partial charge in [-0.2, -0.15) is 0 Å². The molecule has 0 bridgehead atoms. The summed E-state index contributed by atoms with van der Waals surface area (Å²) in [6.45, 7) is 0.738. The van der Waals surface area contributed by atoms with E-state index in [0.717, 1.165) is 16.8 Å². The number of fused-ring (bicyclic) bond motifs is 1. The van der Waals surface area contributed by atoms with Crippen LogP contribution in [0.4, 0.5) is 0 Å². The molecule has 1 aromatic carbocycles. The van der Waals surface area contributed by atoms with Crippen LogP contribution in [0.15, 0.2) is 22.7 Å². The Labute approximate surface area is 80.1 Å². The maximum atomic E-state index is 5.49. The second-order valence-electron chi connectivity index (χ2n) is 2.83. The molecule has 3 heteroatoms. The first-order chi connectivity index (χ1) is 5.81. The lowest BCUT2D eigenvalue weighted by molar-refractivity contribution is 0.318. The minimum atomic E-state index is 0.355. The Hall–Kier alpha value is -0.540. The van der Waals surface area contributed by atoms with Crippen molar-refractivity contribution in [2.24, 2.45) is 0 Å². The van der Waals surface area contributed by atoms with Crippen molar-refractivity contribution in [1.82, 2.24) is 5.32 Å². The maximum Gasteiger partial charge on any atom is 0.125 e. The van der Waals surface area contributed by atoms with E-state index in [1.54, 1.807) is 0 Å². The van der Waals surface area contributed by atoms with Gasteiger partial charge in [0.25, 0.3) is 0 Å². The van der Waals surface area contributed by atoms with Gasteiger partial charge in [0.05, 0.1) is 6.04 Å². The van der Waals surface area contributed by atoms with Gasteiger partial charge in [0.15, 0.2) is 0 Å². The van der Waals surface area contributed by atoms with Crippen LogP contribution in [-0.4, -0.2) is 13.7 Å². The molecule has 1 aromatic rings. The number of rotatable bonds is 1. The molecule has 0 aliphatic carbocycles. The number of ether oxygens (including phenoxy) is 1. The van der Waals surface area contributed by atoms with Crippen LogP contribution in [0.2, 0.25) is 0 Å². The fourth-order valence-electron chi connectivity index (χ4n) is 1.42. The third-order valence-electron chi connectivity index (χ3n) is 2.10. The van der Waals surface area contributed by atoms with Crippen molar-refractivity contribution in [3.05, 3.63) is 28.2 Å². The zero-order valence-corrected chi connectivity index (χ0v) is 8.39. The second-order valence-corrected chi connectivity index (χ2v) is 3.75. The van der Waals surface area contributed by atoms with E-state index < -0.39 is 0 Å². The molecule has 2 nitrogen and oxygen atoms in total. The minimum Gasteiger partial charge on any atom is -0.491 e. The number of halogens is 1. The molecule has 2 rings (SSSR count). The number of benzene rings is 1. The Bertz CT molecular complexity index is 301. The van der Waals surface area contributed by atoms with Crippen LogP contribution in [0.5, 0.6) is 5.75 Å². The highest BCUT2D eigenvalue weighted by molar-refractivity contribution is 9.10. The summed E-state index contributed by atoms with van der Waals surface area (Å²) in [6.07, 6.45) is 0. The highest BCUT2D eigenvalue weighted by atomic mass is 79.9. The van der Waals surface area contributed by atoms with Crippen molar-refractivity contribution >= 4 is 15.9 Å². The van der Waals surface area contributed by atoms with Gasteiger partial charge in [-0.05, 0) is 19.2 Å². The van der Waals surface area contributed by atoms with E-state index in [-0.39, 0.29) is 0 Å². The molecule has 0 radical (unpaired) electrons. The summed E-state index contributed by atoms with van der Waals surface area (Å²) in [5, 5.41) is 3.20. The molecular formula is C9H10BrNO. The Morgan fingerprint density at radius 1 is 1.58 bits per heavy atom. The zero-order chi connectivity index (χ0) is 8.55. The molecule has 1 N–H and O–H groups in total. The lowest BCUT2D eigenvalue weighted by atomic mass is 10.1. The van der Waals surface area contributed by atoms with Gasteiger partial charge in [-0.25, -0.2) is 0 Å². The van der Waals surface area contributed by atoms with Gasteiger partial charge in [0.2, 0.25) is 0 Å². The van der Waals surface area contributed by atoms with E-state index in [0.29, 0.717) is 6.04 Å². The van der Waals surface area contributed by atoms with Crippen LogP contribution >= 0.6 is 15.9 Å². The Morgan fingerprint density at radius 2 is 2.42 bits per heavy atom. The third-order valence-corrected chi connectivity index (χ3v) is 2.60. The van der Waals surface area contributed by atoms with E-state index in [4.69, 9.17) is 4.74 Å². The van der Waals surface area contributed by atoms with Gasteiger partial charge in [-0.15, -0.1) is 0 Å². The van der Waals surface area contributed by atoms with Crippen molar-refractivity contribution in [2.75, 3.05) is 13.7 Å². The molecule has 0 aromatic heterocycles. The number of hydrogen-bond acceptors (Lipinski definition) is 2. The number of nitrogens with one attached hydrogen (secondary N) is 1. The van der Waals surface area contributed by atoms with Crippen LogP contribution in [0.1, 0.15) is 11.6 Å². The molecule has 1 aliphatic heterocycles. The van der Waals surface area contributed by atoms with Crippen molar-refractivity contribution < 1.29 is 4.74 Å². The number of hydrogen-bond donors (Lipinski definition) is 1. The van der Waals surface area contributed by atoms with E-state index in [1.165, 1.54) is 5.56 Å². The van der Waals surface area contributed by atoms with Gasteiger partial charge >= 0.3 is 0 Å². The van der Waals surface area contributed by atoms with Gasteiger partial charge in [0, 0.05) is 10.0 Å². The van der Waals surface area contributed by atoms with Crippen molar-refractivity contribution in [2.45, 2.75) is 6.04 Å². The molecule has 1 atom stereocenters. The van der Waals surface area contributed by atoms with Gasteiger partial charge in [-0.3, -0.25) is 0 Å². The summed E-state index contributed by atoms with van der Waals surface area (Å²) < 4.78 is 6.56.